The highest BCUT2D eigenvalue weighted by atomic mass is 127. The molecule has 6 nitrogen and oxygen atoms in total. The molecule has 0 unspecified atom stereocenters. The minimum Gasteiger partial charge on any atom is -0.502 e. The van der Waals surface area contributed by atoms with Gasteiger partial charge in [0.05, 0.1) is 19.8 Å². The van der Waals surface area contributed by atoms with Crippen LogP contribution in [0.2, 0.25) is 0 Å². The summed E-state index contributed by atoms with van der Waals surface area (Å²) >= 11 is 0. The van der Waals surface area contributed by atoms with Crippen molar-refractivity contribution < 1.29 is 27.8 Å². The number of methoxy groups -OCH3 is 2. The van der Waals surface area contributed by atoms with Gasteiger partial charge in [0.15, 0.2) is 17.5 Å². The molecule has 0 amide bonds. The van der Waals surface area contributed by atoms with Crippen molar-refractivity contribution in [2.75, 3.05) is 28.3 Å². The number of benzene rings is 2. The molecule has 10 heteroatoms. The number of aromatic hydroxyl groups is 1. The summed E-state index contributed by atoms with van der Waals surface area (Å²) < 4.78 is 48.3. The molecule has 0 fully saturated rings. The maximum Gasteiger partial charge on any atom is 0.416 e. The van der Waals surface area contributed by atoms with Crippen molar-refractivity contribution in [3.8, 4) is 17.2 Å². The van der Waals surface area contributed by atoms with Gasteiger partial charge in [-0.3, -0.25) is 4.99 Å². The van der Waals surface area contributed by atoms with E-state index in [-0.39, 0.29) is 41.2 Å². The summed E-state index contributed by atoms with van der Waals surface area (Å²) in [5.41, 5.74) is 0.832. The Morgan fingerprint density at radius 2 is 1.60 bits per heavy atom. The Morgan fingerprint density at radius 3 is 2.03 bits per heavy atom. The van der Waals surface area contributed by atoms with Gasteiger partial charge in [0, 0.05) is 27.2 Å². The van der Waals surface area contributed by atoms with E-state index in [2.05, 4.69) is 10.3 Å². The second-order valence-corrected chi connectivity index (χ2v) is 6.30. The molecule has 0 aliphatic rings. The van der Waals surface area contributed by atoms with Crippen LogP contribution in [0.3, 0.4) is 0 Å². The van der Waals surface area contributed by atoms with E-state index in [1.54, 1.807) is 31.1 Å². The molecule has 2 N–H and O–H groups in total. The number of hydrogen-bond acceptors (Lipinski definition) is 4. The van der Waals surface area contributed by atoms with E-state index in [1.165, 1.54) is 26.4 Å². The Labute approximate surface area is 190 Å². The number of rotatable bonds is 6. The monoisotopic (exact) mass is 539 g/mol. The molecule has 0 radical (unpaired) electrons. The molecule has 2 aromatic rings. The minimum atomic E-state index is -4.35. The molecule has 0 heterocycles. The number of hydrogen-bond donors (Lipinski definition) is 2. The molecule has 0 spiro atoms. The van der Waals surface area contributed by atoms with E-state index in [9.17, 15) is 18.3 Å². The zero-order valence-electron chi connectivity index (χ0n) is 17.1. The van der Waals surface area contributed by atoms with Crippen molar-refractivity contribution in [2.24, 2.45) is 4.99 Å². The van der Waals surface area contributed by atoms with Crippen molar-refractivity contribution in [1.29, 1.82) is 0 Å². The van der Waals surface area contributed by atoms with Gasteiger partial charge in [-0.15, -0.1) is 24.0 Å². The molecule has 0 atom stereocenters. The number of alkyl halides is 3. The number of ether oxygens (including phenoxy) is 2. The molecule has 2 aromatic carbocycles. The summed E-state index contributed by atoms with van der Waals surface area (Å²) in [5, 5.41) is 13.2. The molecule has 0 aliphatic heterocycles. The Kier molecular flexibility index (Phi) is 9.53. The molecule has 0 aromatic heterocycles. The van der Waals surface area contributed by atoms with E-state index in [4.69, 9.17) is 9.47 Å². The van der Waals surface area contributed by atoms with Crippen LogP contribution in [-0.2, 0) is 19.3 Å². The van der Waals surface area contributed by atoms with Crippen molar-refractivity contribution >= 4 is 29.9 Å². The Morgan fingerprint density at radius 1 is 1.07 bits per heavy atom. The molecule has 0 aliphatic carbocycles. The quantitative estimate of drug-likeness (QED) is 0.327. The van der Waals surface area contributed by atoms with E-state index < -0.39 is 11.7 Å². The average Bonchev–Trinajstić information content (AvgIpc) is 2.69. The normalized spacial score (nSPS) is 11.5. The zero-order valence-corrected chi connectivity index (χ0v) is 19.4. The van der Waals surface area contributed by atoms with E-state index in [0.29, 0.717) is 19.0 Å². The minimum absolute atomic E-state index is 0. The number of phenols is 1. The van der Waals surface area contributed by atoms with Crippen LogP contribution >= 0.6 is 24.0 Å². The lowest BCUT2D eigenvalue weighted by Gasteiger charge is -2.22. The Balaban J connectivity index is 0.00000450. The van der Waals surface area contributed by atoms with Gasteiger partial charge in [-0.2, -0.15) is 13.2 Å². The number of guanidine groups is 1. The van der Waals surface area contributed by atoms with Gasteiger partial charge in [0.25, 0.3) is 0 Å². The first-order valence-corrected chi connectivity index (χ1v) is 8.71. The standard InChI is InChI=1S/C20H24F3N3O3.HI/c1-24-19(25-11-14-9-16(28-3)18(27)17(10-14)29-4)26(2)12-13-5-7-15(8-6-13)20(21,22)23;/h5-10,27H,11-12H2,1-4H3,(H,24,25);1H. The van der Waals surface area contributed by atoms with Crippen LogP contribution < -0.4 is 14.8 Å². The fourth-order valence-corrected chi connectivity index (χ4v) is 2.76. The maximum absolute atomic E-state index is 12.7. The van der Waals surface area contributed by atoms with Crippen LogP contribution in [-0.4, -0.2) is 44.3 Å². The number of phenolic OH excluding ortho intramolecular Hbond substituents is 1. The van der Waals surface area contributed by atoms with Gasteiger partial charge < -0.3 is 24.8 Å². The van der Waals surface area contributed by atoms with Crippen LogP contribution in [0.4, 0.5) is 13.2 Å². The van der Waals surface area contributed by atoms with Crippen molar-refractivity contribution in [3.05, 3.63) is 53.1 Å². The summed E-state index contributed by atoms with van der Waals surface area (Å²) in [6.07, 6.45) is -4.35. The molecule has 0 saturated carbocycles. The lowest BCUT2D eigenvalue weighted by molar-refractivity contribution is -0.137. The summed E-state index contributed by atoms with van der Waals surface area (Å²) in [4.78, 5) is 5.99. The highest BCUT2D eigenvalue weighted by Gasteiger charge is 2.29. The predicted molar refractivity (Wildman–Crippen MR) is 120 cm³/mol. The lowest BCUT2D eigenvalue weighted by Crippen LogP contribution is -2.38. The van der Waals surface area contributed by atoms with Gasteiger partial charge in [-0.1, -0.05) is 12.1 Å². The number of halogens is 4. The average molecular weight is 539 g/mol. The summed E-state index contributed by atoms with van der Waals surface area (Å²) in [5.74, 6) is 1.04. The first-order chi connectivity index (χ1) is 13.7. The highest BCUT2D eigenvalue weighted by molar-refractivity contribution is 14.0. The summed E-state index contributed by atoms with van der Waals surface area (Å²) in [6.45, 7) is 0.747. The molecule has 166 valence electrons. The third-order valence-electron chi connectivity index (χ3n) is 4.26. The van der Waals surface area contributed by atoms with Gasteiger partial charge in [-0.05, 0) is 35.4 Å². The van der Waals surface area contributed by atoms with Crippen LogP contribution in [0.1, 0.15) is 16.7 Å². The lowest BCUT2D eigenvalue weighted by atomic mass is 10.1. The maximum atomic E-state index is 12.7. The predicted octanol–water partition coefficient (Wildman–Crippen LogP) is 4.25. The zero-order chi connectivity index (χ0) is 21.6. The van der Waals surface area contributed by atoms with Crippen molar-refractivity contribution in [1.82, 2.24) is 10.2 Å². The van der Waals surface area contributed by atoms with Gasteiger partial charge in [0.1, 0.15) is 0 Å². The first-order valence-electron chi connectivity index (χ1n) is 8.71. The topological polar surface area (TPSA) is 66.3 Å². The number of nitrogens with one attached hydrogen (secondary N) is 1. The second kappa shape index (κ2) is 11.1. The van der Waals surface area contributed by atoms with Crippen molar-refractivity contribution in [3.63, 3.8) is 0 Å². The highest BCUT2D eigenvalue weighted by Crippen LogP contribution is 2.37. The van der Waals surface area contributed by atoms with Gasteiger partial charge >= 0.3 is 6.18 Å². The largest absolute Gasteiger partial charge is 0.502 e. The fourth-order valence-electron chi connectivity index (χ4n) is 2.76. The van der Waals surface area contributed by atoms with Crippen LogP contribution in [0.15, 0.2) is 41.4 Å². The summed E-state index contributed by atoms with van der Waals surface area (Å²) in [7, 11) is 6.29. The third kappa shape index (κ3) is 6.57. The number of nitrogens with zero attached hydrogens (tertiary/aromatic N) is 2. The van der Waals surface area contributed by atoms with Gasteiger partial charge in [-0.25, -0.2) is 0 Å². The smallest absolute Gasteiger partial charge is 0.416 e. The molecule has 0 bridgehead atoms. The number of aliphatic imine (C=N–C) groups is 1. The Hall–Kier alpha value is -2.37. The third-order valence-corrected chi connectivity index (χ3v) is 4.26. The SMILES string of the molecule is CN=C(NCc1cc(OC)c(O)c(OC)c1)N(C)Cc1ccc(C(F)(F)F)cc1.I. The van der Waals surface area contributed by atoms with E-state index >= 15 is 0 Å². The first kappa shape index (κ1) is 25.7. The Bertz CT molecular complexity index is 834. The van der Waals surface area contributed by atoms with E-state index in [1.807, 2.05) is 0 Å². The van der Waals surface area contributed by atoms with Crippen LogP contribution in [0, 0.1) is 0 Å². The molecular formula is C20H25F3IN3O3. The van der Waals surface area contributed by atoms with E-state index in [0.717, 1.165) is 23.3 Å². The molecule has 2 rings (SSSR count). The summed E-state index contributed by atoms with van der Waals surface area (Å²) in [6, 6.07) is 8.37. The molecule has 30 heavy (non-hydrogen) atoms. The van der Waals surface area contributed by atoms with Crippen LogP contribution in [0.25, 0.3) is 0 Å². The fraction of sp³-hybridized carbons (Fsp3) is 0.350. The molecule has 0 saturated heterocycles. The van der Waals surface area contributed by atoms with Gasteiger partial charge in [0.2, 0.25) is 5.75 Å². The molecular weight excluding hydrogens is 514 g/mol. The van der Waals surface area contributed by atoms with Crippen molar-refractivity contribution in [2.45, 2.75) is 19.3 Å². The van der Waals surface area contributed by atoms with Crippen LogP contribution in [0.5, 0.6) is 17.2 Å². The second-order valence-electron chi connectivity index (χ2n) is 6.30.